The lowest BCUT2D eigenvalue weighted by atomic mass is 9.76. The summed E-state index contributed by atoms with van der Waals surface area (Å²) in [5, 5.41) is 20.1. The van der Waals surface area contributed by atoms with Crippen LogP contribution in [-0.2, 0) is 9.59 Å². The van der Waals surface area contributed by atoms with Crippen LogP contribution >= 0.6 is 0 Å². The second-order valence-corrected chi connectivity index (χ2v) is 5.23. The van der Waals surface area contributed by atoms with Gasteiger partial charge in [-0.1, -0.05) is 19.8 Å². The van der Waals surface area contributed by atoms with E-state index in [0.29, 0.717) is 18.8 Å². The molecule has 0 heterocycles. The molecule has 1 rings (SSSR count). The average Bonchev–Trinajstić information content (AvgIpc) is 2.27. The molecule has 6 nitrogen and oxygen atoms in total. The number of hydrogen-bond donors (Lipinski definition) is 4. The monoisotopic (exact) mass is 258 g/mol. The van der Waals surface area contributed by atoms with Gasteiger partial charge < -0.3 is 21.3 Å². The van der Waals surface area contributed by atoms with Crippen LogP contribution in [0.5, 0.6) is 0 Å². The zero-order valence-corrected chi connectivity index (χ0v) is 10.7. The van der Waals surface area contributed by atoms with Crippen LogP contribution in [0, 0.1) is 5.92 Å². The molecule has 0 saturated heterocycles. The predicted molar refractivity (Wildman–Crippen MR) is 65.8 cm³/mol. The summed E-state index contributed by atoms with van der Waals surface area (Å²) in [5.41, 5.74) is 5.10. The third-order valence-electron chi connectivity index (χ3n) is 3.51. The van der Waals surface area contributed by atoms with Crippen molar-refractivity contribution < 1.29 is 19.8 Å². The Kier molecular flexibility index (Phi) is 5.10. The Balaban J connectivity index is 2.65. The first-order valence-corrected chi connectivity index (χ1v) is 6.32. The molecule has 0 aromatic rings. The van der Waals surface area contributed by atoms with Crippen molar-refractivity contribution in [3.05, 3.63) is 0 Å². The Labute approximate surface area is 107 Å². The van der Waals surface area contributed by atoms with E-state index in [1.807, 2.05) is 6.92 Å². The molecule has 1 fully saturated rings. The number of nitrogens with one attached hydrogen (secondary N) is 1. The van der Waals surface area contributed by atoms with Gasteiger partial charge in [-0.25, -0.2) is 4.79 Å². The van der Waals surface area contributed by atoms with Crippen LogP contribution in [-0.4, -0.2) is 40.3 Å². The lowest BCUT2D eigenvalue weighted by Gasteiger charge is -2.36. The second kappa shape index (κ2) is 6.15. The molecule has 18 heavy (non-hydrogen) atoms. The predicted octanol–water partition coefficient (Wildman–Crippen LogP) is -0.154. The van der Waals surface area contributed by atoms with Crippen LogP contribution in [0.3, 0.4) is 0 Å². The molecule has 1 amide bonds. The lowest BCUT2D eigenvalue weighted by Crippen LogP contribution is -2.59. The fourth-order valence-corrected chi connectivity index (χ4v) is 2.49. The lowest BCUT2D eigenvalue weighted by molar-refractivity contribution is -0.143. The third kappa shape index (κ3) is 3.68. The summed E-state index contributed by atoms with van der Waals surface area (Å²) in [6, 6.07) is -1.07. The smallest absolute Gasteiger partial charge is 0.326 e. The molecule has 104 valence electrons. The molecule has 0 bridgehead atoms. The van der Waals surface area contributed by atoms with Crippen LogP contribution in [0.15, 0.2) is 0 Å². The zero-order valence-electron chi connectivity index (χ0n) is 10.7. The Bertz CT molecular complexity index is 321. The molecule has 5 N–H and O–H groups in total. The van der Waals surface area contributed by atoms with E-state index in [-0.39, 0.29) is 13.0 Å². The first kappa shape index (κ1) is 14.9. The summed E-state index contributed by atoms with van der Waals surface area (Å²) in [6.07, 6.45) is 3.07. The minimum Gasteiger partial charge on any atom is -0.480 e. The molecule has 0 spiro atoms. The number of nitrogens with two attached hydrogens (primary N) is 1. The summed E-state index contributed by atoms with van der Waals surface area (Å²) in [5.74, 6) is -1.20. The van der Waals surface area contributed by atoms with Gasteiger partial charge in [0.2, 0.25) is 5.91 Å². The van der Waals surface area contributed by atoms with E-state index in [0.717, 1.165) is 12.8 Å². The number of carbonyl (C=O) groups excluding carboxylic acids is 1. The fraction of sp³-hybridized carbons (Fsp3) is 0.833. The van der Waals surface area contributed by atoms with E-state index in [4.69, 9.17) is 15.9 Å². The molecule has 3 unspecified atom stereocenters. The summed E-state index contributed by atoms with van der Waals surface area (Å²) >= 11 is 0. The third-order valence-corrected chi connectivity index (χ3v) is 3.51. The van der Waals surface area contributed by atoms with Crippen molar-refractivity contribution in [1.82, 2.24) is 5.32 Å². The van der Waals surface area contributed by atoms with Crippen molar-refractivity contribution in [2.75, 3.05) is 6.61 Å². The van der Waals surface area contributed by atoms with Gasteiger partial charge in [0.25, 0.3) is 0 Å². The number of carboxylic acids is 1. The Hall–Kier alpha value is -1.14. The molecule has 1 aliphatic carbocycles. The summed E-state index contributed by atoms with van der Waals surface area (Å²) < 4.78 is 0. The van der Waals surface area contributed by atoms with Gasteiger partial charge in [-0.2, -0.15) is 0 Å². The summed E-state index contributed by atoms with van der Waals surface area (Å²) in [6.45, 7) is 1.75. The summed E-state index contributed by atoms with van der Waals surface area (Å²) in [4.78, 5) is 23.0. The minimum atomic E-state index is -1.15. The van der Waals surface area contributed by atoms with Crippen molar-refractivity contribution >= 4 is 11.9 Å². The van der Waals surface area contributed by atoms with Crippen molar-refractivity contribution in [3.63, 3.8) is 0 Å². The summed E-state index contributed by atoms with van der Waals surface area (Å²) in [7, 11) is 0. The number of aliphatic hydroxyl groups is 1. The molecule has 1 saturated carbocycles. The van der Waals surface area contributed by atoms with Gasteiger partial charge in [-0.15, -0.1) is 0 Å². The van der Waals surface area contributed by atoms with E-state index in [1.165, 1.54) is 0 Å². The van der Waals surface area contributed by atoms with Crippen LogP contribution in [0.25, 0.3) is 0 Å². The molecule has 0 aromatic carbocycles. The molecule has 1 aliphatic rings. The van der Waals surface area contributed by atoms with Gasteiger partial charge in [-0.3, -0.25) is 4.79 Å². The molecule has 3 atom stereocenters. The van der Waals surface area contributed by atoms with Crippen LogP contribution in [0.4, 0.5) is 0 Å². The Morgan fingerprint density at radius 3 is 2.72 bits per heavy atom. The highest BCUT2D eigenvalue weighted by Gasteiger charge is 2.39. The number of carboxylic acid groups (broad SMARTS) is 1. The van der Waals surface area contributed by atoms with Crippen molar-refractivity contribution in [3.8, 4) is 0 Å². The number of hydrogen-bond acceptors (Lipinski definition) is 4. The first-order chi connectivity index (χ1) is 8.39. The minimum absolute atomic E-state index is 0.00724. The number of rotatable bonds is 5. The first-order valence-electron chi connectivity index (χ1n) is 6.32. The highest BCUT2D eigenvalue weighted by molar-refractivity contribution is 5.90. The molecular weight excluding hydrogens is 236 g/mol. The van der Waals surface area contributed by atoms with Crippen LogP contribution < -0.4 is 11.1 Å². The van der Waals surface area contributed by atoms with E-state index in [9.17, 15) is 9.59 Å². The average molecular weight is 258 g/mol. The van der Waals surface area contributed by atoms with Crippen LogP contribution in [0.1, 0.15) is 39.0 Å². The maximum Gasteiger partial charge on any atom is 0.326 e. The zero-order chi connectivity index (χ0) is 13.8. The number of aliphatic hydroxyl groups excluding tert-OH is 1. The molecule has 0 aliphatic heterocycles. The van der Waals surface area contributed by atoms with Gasteiger partial charge in [0.05, 0.1) is 5.54 Å². The molecule has 0 radical (unpaired) electrons. The quantitative estimate of drug-likeness (QED) is 0.547. The van der Waals surface area contributed by atoms with Crippen molar-refractivity contribution in [1.29, 1.82) is 0 Å². The normalized spacial score (nSPS) is 29.6. The highest BCUT2D eigenvalue weighted by atomic mass is 16.4. The van der Waals surface area contributed by atoms with E-state index >= 15 is 0 Å². The van der Waals surface area contributed by atoms with Gasteiger partial charge >= 0.3 is 5.97 Å². The fourth-order valence-electron chi connectivity index (χ4n) is 2.49. The van der Waals surface area contributed by atoms with Gasteiger partial charge in [0.15, 0.2) is 0 Å². The largest absolute Gasteiger partial charge is 0.480 e. The Morgan fingerprint density at radius 1 is 1.56 bits per heavy atom. The maximum absolute atomic E-state index is 12.1. The SMILES string of the molecule is CC1CCCC(N)(C(=O)NC(CCO)C(=O)O)C1. The van der Waals surface area contributed by atoms with Gasteiger partial charge in [0.1, 0.15) is 6.04 Å². The maximum atomic E-state index is 12.1. The molecule has 6 heteroatoms. The molecular formula is C12H22N2O4. The van der Waals surface area contributed by atoms with Gasteiger partial charge in [-0.05, 0) is 18.8 Å². The topological polar surface area (TPSA) is 113 Å². The van der Waals surface area contributed by atoms with Crippen molar-refractivity contribution in [2.24, 2.45) is 11.7 Å². The number of aliphatic carboxylic acids is 1. The standard InChI is InChI=1S/C12H22N2O4/c1-8-3-2-5-12(13,7-8)11(18)14-9(4-6-15)10(16)17/h8-9,15H,2-7,13H2,1H3,(H,14,18)(H,16,17). The van der Waals surface area contributed by atoms with Crippen LogP contribution in [0.2, 0.25) is 0 Å². The van der Waals surface area contributed by atoms with Crippen molar-refractivity contribution in [2.45, 2.75) is 50.6 Å². The Morgan fingerprint density at radius 2 is 2.22 bits per heavy atom. The van der Waals surface area contributed by atoms with E-state index in [2.05, 4.69) is 5.32 Å². The van der Waals surface area contributed by atoms with E-state index in [1.54, 1.807) is 0 Å². The van der Waals surface area contributed by atoms with Gasteiger partial charge in [0, 0.05) is 13.0 Å². The number of carbonyl (C=O) groups is 2. The second-order valence-electron chi connectivity index (χ2n) is 5.23. The number of amides is 1. The molecule has 0 aromatic heterocycles. The highest BCUT2D eigenvalue weighted by Crippen LogP contribution is 2.30. The van der Waals surface area contributed by atoms with E-state index < -0.39 is 23.5 Å².